The average Bonchev–Trinajstić information content (AvgIpc) is 2.82. The van der Waals surface area contributed by atoms with Gasteiger partial charge < -0.3 is 4.74 Å². The van der Waals surface area contributed by atoms with Gasteiger partial charge in [-0.05, 0) is 24.6 Å². The summed E-state index contributed by atoms with van der Waals surface area (Å²) in [5.74, 6) is 1.59. The van der Waals surface area contributed by atoms with E-state index in [0.29, 0.717) is 0 Å². The molecule has 0 spiro atoms. The highest BCUT2D eigenvalue weighted by Crippen LogP contribution is 2.13. The number of methoxy groups -OCH3 is 1. The highest BCUT2D eigenvalue weighted by Gasteiger charge is 2.05. The van der Waals surface area contributed by atoms with Crippen molar-refractivity contribution in [2.45, 2.75) is 13.3 Å². The second-order valence-corrected chi connectivity index (χ2v) is 4.56. The van der Waals surface area contributed by atoms with Crippen LogP contribution in [0.5, 0.6) is 5.75 Å². The van der Waals surface area contributed by atoms with Crippen molar-refractivity contribution >= 4 is 5.65 Å². The monoisotopic (exact) mass is 253 g/mol. The Morgan fingerprint density at radius 1 is 1.11 bits per heavy atom. The first-order chi connectivity index (χ1) is 9.24. The third kappa shape index (κ3) is 2.42. The van der Waals surface area contributed by atoms with Crippen molar-refractivity contribution in [1.29, 1.82) is 0 Å². The number of aryl methyl sites for hydroxylation is 1. The Morgan fingerprint density at radius 3 is 2.63 bits per heavy atom. The molecular formula is C15H15N3O. The number of pyridine rings is 1. The van der Waals surface area contributed by atoms with Crippen molar-refractivity contribution in [2.75, 3.05) is 7.11 Å². The Hall–Kier alpha value is -2.36. The zero-order valence-electron chi connectivity index (χ0n) is 11.0. The molecule has 19 heavy (non-hydrogen) atoms. The van der Waals surface area contributed by atoms with Gasteiger partial charge in [0.1, 0.15) is 5.75 Å². The second kappa shape index (κ2) is 4.72. The summed E-state index contributed by atoms with van der Waals surface area (Å²) in [5, 5.41) is 4.46. The average molecular weight is 253 g/mol. The summed E-state index contributed by atoms with van der Waals surface area (Å²) in [6, 6.07) is 12.2. The smallest absolute Gasteiger partial charge is 0.156 e. The molecule has 2 aromatic heterocycles. The van der Waals surface area contributed by atoms with Crippen LogP contribution in [0.1, 0.15) is 17.0 Å². The predicted octanol–water partition coefficient (Wildman–Crippen LogP) is 2.64. The molecule has 0 atom stereocenters. The van der Waals surface area contributed by atoms with E-state index in [9.17, 15) is 0 Å². The van der Waals surface area contributed by atoms with E-state index in [4.69, 9.17) is 4.74 Å². The predicted molar refractivity (Wildman–Crippen MR) is 73.5 cm³/mol. The van der Waals surface area contributed by atoms with Crippen molar-refractivity contribution < 1.29 is 4.74 Å². The minimum absolute atomic E-state index is 0.740. The van der Waals surface area contributed by atoms with Crippen molar-refractivity contribution in [2.24, 2.45) is 0 Å². The van der Waals surface area contributed by atoms with Crippen LogP contribution in [-0.4, -0.2) is 21.7 Å². The number of hydrogen-bond acceptors (Lipinski definition) is 3. The second-order valence-electron chi connectivity index (χ2n) is 4.56. The van der Waals surface area contributed by atoms with Gasteiger partial charge in [-0.15, -0.1) is 0 Å². The van der Waals surface area contributed by atoms with E-state index in [1.807, 2.05) is 18.3 Å². The van der Waals surface area contributed by atoms with Crippen molar-refractivity contribution in [3.63, 3.8) is 0 Å². The number of fused-ring (bicyclic) bond motifs is 1. The molecule has 0 N–H and O–H groups in total. The number of nitrogens with zero attached hydrogens (tertiary/aromatic N) is 3. The molecule has 0 saturated heterocycles. The van der Waals surface area contributed by atoms with Crippen molar-refractivity contribution in [3.05, 3.63) is 59.5 Å². The molecule has 0 aliphatic rings. The van der Waals surface area contributed by atoms with Gasteiger partial charge in [-0.3, -0.25) is 0 Å². The minimum atomic E-state index is 0.740. The van der Waals surface area contributed by atoms with E-state index in [2.05, 4.69) is 41.3 Å². The Kier molecular flexibility index (Phi) is 2.91. The van der Waals surface area contributed by atoms with Crippen LogP contribution in [0.15, 0.2) is 42.6 Å². The summed E-state index contributed by atoms with van der Waals surface area (Å²) in [5.41, 5.74) is 3.31. The standard InChI is InChI=1S/C15H15N3O/c1-11-3-5-12(6-4-11)9-14-16-15-8-7-13(19-2)10-18(15)17-14/h3-8,10H,9H2,1-2H3. The van der Waals surface area contributed by atoms with Crippen LogP contribution in [0.3, 0.4) is 0 Å². The van der Waals surface area contributed by atoms with E-state index in [0.717, 1.165) is 23.6 Å². The molecule has 0 bridgehead atoms. The zero-order chi connectivity index (χ0) is 13.2. The first kappa shape index (κ1) is 11.7. The molecule has 96 valence electrons. The summed E-state index contributed by atoms with van der Waals surface area (Å²) in [7, 11) is 1.64. The van der Waals surface area contributed by atoms with Crippen LogP contribution in [0, 0.1) is 6.92 Å². The van der Waals surface area contributed by atoms with Gasteiger partial charge >= 0.3 is 0 Å². The van der Waals surface area contributed by atoms with Crippen LogP contribution >= 0.6 is 0 Å². The molecule has 3 aromatic rings. The van der Waals surface area contributed by atoms with Crippen LogP contribution in [0.2, 0.25) is 0 Å². The summed E-state index contributed by atoms with van der Waals surface area (Å²) < 4.78 is 6.93. The largest absolute Gasteiger partial charge is 0.495 e. The molecule has 0 unspecified atom stereocenters. The van der Waals surface area contributed by atoms with Gasteiger partial charge in [0.15, 0.2) is 11.5 Å². The Balaban J connectivity index is 1.90. The van der Waals surface area contributed by atoms with Crippen LogP contribution < -0.4 is 4.74 Å². The molecule has 3 rings (SSSR count). The van der Waals surface area contributed by atoms with Gasteiger partial charge in [-0.2, -0.15) is 5.10 Å². The van der Waals surface area contributed by atoms with Crippen molar-refractivity contribution in [1.82, 2.24) is 14.6 Å². The molecule has 1 aromatic carbocycles. The number of aromatic nitrogens is 3. The number of ether oxygens (including phenoxy) is 1. The highest BCUT2D eigenvalue weighted by atomic mass is 16.5. The first-order valence-electron chi connectivity index (χ1n) is 6.19. The topological polar surface area (TPSA) is 39.4 Å². The number of rotatable bonds is 3. The van der Waals surface area contributed by atoms with Crippen molar-refractivity contribution in [3.8, 4) is 5.75 Å². The fourth-order valence-electron chi connectivity index (χ4n) is 1.99. The molecule has 0 amide bonds. The maximum atomic E-state index is 5.17. The molecule has 0 saturated carbocycles. The van der Waals surface area contributed by atoms with Gasteiger partial charge in [0, 0.05) is 6.42 Å². The third-order valence-corrected chi connectivity index (χ3v) is 3.07. The van der Waals surface area contributed by atoms with Gasteiger partial charge in [0.05, 0.1) is 13.3 Å². The third-order valence-electron chi connectivity index (χ3n) is 3.07. The summed E-state index contributed by atoms with van der Waals surface area (Å²) in [4.78, 5) is 4.50. The molecular weight excluding hydrogens is 238 g/mol. The summed E-state index contributed by atoms with van der Waals surface area (Å²) in [6.07, 6.45) is 2.57. The van der Waals surface area contributed by atoms with Crippen LogP contribution in [-0.2, 0) is 6.42 Å². The fraction of sp³-hybridized carbons (Fsp3) is 0.200. The summed E-state index contributed by atoms with van der Waals surface area (Å²) in [6.45, 7) is 2.08. The Bertz CT molecular complexity index is 701. The van der Waals surface area contributed by atoms with E-state index in [1.165, 1.54) is 11.1 Å². The summed E-state index contributed by atoms with van der Waals surface area (Å²) >= 11 is 0. The highest BCUT2D eigenvalue weighted by molar-refractivity contribution is 5.41. The molecule has 0 aliphatic heterocycles. The Labute approximate surface area is 111 Å². The lowest BCUT2D eigenvalue weighted by molar-refractivity contribution is 0.411. The van der Waals surface area contributed by atoms with Gasteiger partial charge in [-0.25, -0.2) is 9.50 Å². The van der Waals surface area contributed by atoms with Crippen LogP contribution in [0.4, 0.5) is 0 Å². The maximum absolute atomic E-state index is 5.17. The molecule has 0 radical (unpaired) electrons. The lowest BCUT2D eigenvalue weighted by Crippen LogP contribution is -1.93. The zero-order valence-corrected chi connectivity index (χ0v) is 11.0. The van der Waals surface area contributed by atoms with E-state index in [1.54, 1.807) is 11.6 Å². The number of benzene rings is 1. The molecule has 0 aliphatic carbocycles. The van der Waals surface area contributed by atoms with Gasteiger partial charge in [0.2, 0.25) is 0 Å². The van der Waals surface area contributed by atoms with E-state index in [-0.39, 0.29) is 0 Å². The molecule has 2 heterocycles. The van der Waals surface area contributed by atoms with E-state index < -0.39 is 0 Å². The maximum Gasteiger partial charge on any atom is 0.156 e. The van der Waals surface area contributed by atoms with Gasteiger partial charge in [0.25, 0.3) is 0 Å². The molecule has 4 heteroatoms. The lowest BCUT2D eigenvalue weighted by atomic mass is 10.1. The quantitative estimate of drug-likeness (QED) is 0.720. The first-order valence-corrected chi connectivity index (χ1v) is 6.19. The fourth-order valence-corrected chi connectivity index (χ4v) is 1.99. The van der Waals surface area contributed by atoms with E-state index >= 15 is 0 Å². The van der Waals surface area contributed by atoms with Gasteiger partial charge in [-0.1, -0.05) is 29.8 Å². The molecule has 0 fully saturated rings. The SMILES string of the molecule is COc1ccc2nc(Cc3ccc(C)cc3)nn2c1. The number of hydrogen-bond donors (Lipinski definition) is 0. The lowest BCUT2D eigenvalue weighted by Gasteiger charge is -1.98. The minimum Gasteiger partial charge on any atom is -0.495 e. The Morgan fingerprint density at radius 2 is 1.89 bits per heavy atom. The normalized spacial score (nSPS) is 10.8. The molecule has 4 nitrogen and oxygen atoms in total. The van der Waals surface area contributed by atoms with Crippen LogP contribution in [0.25, 0.3) is 5.65 Å².